The van der Waals surface area contributed by atoms with Gasteiger partial charge in [0.25, 0.3) is 5.91 Å². The Morgan fingerprint density at radius 1 is 1.44 bits per heavy atom. The second-order valence-electron chi connectivity index (χ2n) is 4.33. The molecular formula is C13H13N3OS. The van der Waals surface area contributed by atoms with Crippen LogP contribution in [-0.2, 0) is 6.54 Å². The lowest BCUT2D eigenvalue weighted by molar-refractivity contribution is 0.0729. The number of rotatable bonds is 4. The fourth-order valence-corrected chi connectivity index (χ4v) is 2.50. The van der Waals surface area contributed by atoms with Crippen molar-refractivity contribution < 1.29 is 4.79 Å². The van der Waals surface area contributed by atoms with E-state index in [0.717, 1.165) is 17.8 Å². The van der Waals surface area contributed by atoms with Crippen LogP contribution in [0.4, 0.5) is 0 Å². The van der Waals surface area contributed by atoms with Gasteiger partial charge in [0.2, 0.25) is 0 Å². The van der Waals surface area contributed by atoms with Crippen LogP contribution in [0.3, 0.4) is 0 Å². The Bertz CT molecular complexity index is 522. The molecule has 4 nitrogen and oxygen atoms in total. The third-order valence-corrected chi connectivity index (χ3v) is 3.71. The van der Waals surface area contributed by atoms with Crippen molar-refractivity contribution in [2.45, 2.75) is 25.4 Å². The van der Waals surface area contributed by atoms with Gasteiger partial charge in [0.05, 0.1) is 12.1 Å². The first-order valence-corrected chi connectivity index (χ1v) is 6.82. The van der Waals surface area contributed by atoms with E-state index in [1.807, 2.05) is 16.3 Å². The Balaban J connectivity index is 1.80. The molecule has 1 fully saturated rings. The molecule has 0 unspecified atom stereocenters. The molecule has 0 bridgehead atoms. The predicted molar refractivity (Wildman–Crippen MR) is 69.2 cm³/mol. The number of thiazole rings is 1. The van der Waals surface area contributed by atoms with Crippen molar-refractivity contribution in [1.82, 2.24) is 14.9 Å². The summed E-state index contributed by atoms with van der Waals surface area (Å²) in [5.41, 5.74) is 0.654. The van der Waals surface area contributed by atoms with E-state index in [2.05, 4.69) is 9.97 Å². The molecule has 2 aromatic rings. The van der Waals surface area contributed by atoms with Crippen molar-refractivity contribution in [1.29, 1.82) is 0 Å². The lowest BCUT2D eigenvalue weighted by atomic mass is 10.2. The molecule has 2 heterocycles. The molecule has 18 heavy (non-hydrogen) atoms. The van der Waals surface area contributed by atoms with Crippen LogP contribution in [0.25, 0.3) is 0 Å². The molecule has 5 heteroatoms. The summed E-state index contributed by atoms with van der Waals surface area (Å²) in [6, 6.07) is 3.98. The number of carbonyl (C=O) groups excluding carboxylic acids is 1. The highest BCUT2D eigenvalue weighted by Crippen LogP contribution is 2.30. The molecular weight excluding hydrogens is 246 g/mol. The second kappa shape index (κ2) is 4.86. The van der Waals surface area contributed by atoms with Crippen molar-refractivity contribution in [3.8, 4) is 0 Å². The van der Waals surface area contributed by atoms with E-state index in [1.165, 1.54) is 0 Å². The first-order chi connectivity index (χ1) is 8.84. The molecule has 0 N–H and O–H groups in total. The van der Waals surface area contributed by atoms with Crippen LogP contribution in [-0.4, -0.2) is 26.8 Å². The van der Waals surface area contributed by atoms with Gasteiger partial charge in [0.1, 0.15) is 5.01 Å². The topological polar surface area (TPSA) is 46.1 Å². The zero-order chi connectivity index (χ0) is 12.4. The molecule has 0 aromatic carbocycles. The molecule has 0 spiro atoms. The van der Waals surface area contributed by atoms with Crippen LogP contribution in [0.1, 0.15) is 28.2 Å². The van der Waals surface area contributed by atoms with Crippen molar-refractivity contribution >= 4 is 17.2 Å². The maximum Gasteiger partial charge on any atom is 0.256 e. The van der Waals surface area contributed by atoms with Gasteiger partial charge in [-0.1, -0.05) is 0 Å². The van der Waals surface area contributed by atoms with E-state index in [4.69, 9.17) is 0 Å². The van der Waals surface area contributed by atoms with Gasteiger partial charge < -0.3 is 4.90 Å². The van der Waals surface area contributed by atoms with Crippen LogP contribution in [0.15, 0.2) is 36.1 Å². The van der Waals surface area contributed by atoms with E-state index in [9.17, 15) is 4.79 Å². The average Bonchev–Trinajstić information content (AvgIpc) is 3.13. The molecule has 1 aliphatic carbocycles. The normalized spacial score (nSPS) is 14.4. The fraction of sp³-hybridized carbons (Fsp3) is 0.308. The number of nitrogens with zero attached hydrogens (tertiary/aromatic N) is 3. The summed E-state index contributed by atoms with van der Waals surface area (Å²) < 4.78 is 0. The third kappa shape index (κ3) is 2.41. The minimum Gasteiger partial charge on any atom is -0.329 e. The van der Waals surface area contributed by atoms with Gasteiger partial charge in [-0.05, 0) is 25.0 Å². The summed E-state index contributed by atoms with van der Waals surface area (Å²) in [7, 11) is 0. The standard InChI is InChI=1S/C13H13N3OS/c17-13(10-2-1-5-14-8-10)16(11-3-4-11)9-12-15-6-7-18-12/h1-2,5-8,11H,3-4,9H2. The molecule has 1 aliphatic rings. The second-order valence-corrected chi connectivity index (χ2v) is 5.31. The van der Waals surface area contributed by atoms with Gasteiger partial charge in [-0.15, -0.1) is 11.3 Å². The number of pyridine rings is 1. The summed E-state index contributed by atoms with van der Waals surface area (Å²) >= 11 is 1.59. The molecule has 0 radical (unpaired) electrons. The number of amides is 1. The van der Waals surface area contributed by atoms with Gasteiger partial charge in [0.15, 0.2) is 0 Å². The summed E-state index contributed by atoms with van der Waals surface area (Å²) in [6.07, 6.45) is 7.27. The smallest absolute Gasteiger partial charge is 0.256 e. The molecule has 0 aliphatic heterocycles. The van der Waals surface area contributed by atoms with E-state index in [0.29, 0.717) is 18.2 Å². The maximum absolute atomic E-state index is 12.4. The van der Waals surface area contributed by atoms with Gasteiger partial charge in [0, 0.05) is 30.0 Å². The molecule has 0 atom stereocenters. The minimum absolute atomic E-state index is 0.0563. The average molecular weight is 259 g/mol. The first kappa shape index (κ1) is 11.3. The molecule has 2 aromatic heterocycles. The Hall–Kier alpha value is -1.75. The van der Waals surface area contributed by atoms with Crippen molar-refractivity contribution in [3.63, 3.8) is 0 Å². The lowest BCUT2D eigenvalue weighted by Crippen LogP contribution is -2.32. The minimum atomic E-state index is 0.0563. The SMILES string of the molecule is O=C(c1cccnc1)N(Cc1nccs1)C1CC1. The van der Waals surface area contributed by atoms with E-state index < -0.39 is 0 Å². The third-order valence-electron chi connectivity index (χ3n) is 2.95. The number of hydrogen-bond donors (Lipinski definition) is 0. The maximum atomic E-state index is 12.4. The largest absolute Gasteiger partial charge is 0.329 e. The van der Waals surface area contributed by atoms with Crippen LogP contribution in [0.2, 0.25) is 0 Å². The van der Waals surface area contributed by atoms with Crippen molar-refractivity contribution in [2.24, 2.45) is 0 Å². The number of carbonyl (C=O) groups is 1. The summed E-state index contributed by atoms with van der Waals surface area (Å²) in [5.74, 6) is 0.0563. The molecule has 1 saturated carbocycles. The fourth-order valence-electron chi connectivity index (χ4n) is 1.88. The number of hydrogen-bond acceptors (Lipinski definition) is 4. The van der Waals surface area contributed by atoms with Crippen LogP contribution < -0.4 is 0 Å². The molecule has 3 rings (SSSR count). The van der Waals surface area contributed by atoms with Crippen LogP contribution >= 0.6 is 11.3 Å². The Morgan fingerprint density at radius 3 is 2.94 bits per heavy atom. The molecule has 92 valence electrons. The zero-order valence-electron chi connectivity index (χ0n) is 9.82. The highest BCUT2D eigenvalue weighted by Gasteiger charge is 2.33. The van der Waals surface area contributed by atoms with Gasteiger partial charge in [-0.3, -0.25) is 9.78 Å². The lowest BCUT2D eigenvalue weighted by Gasteiger charge is -2.21. The van der Waals surface area contributed by atoms with E-state index in [1.54, 1.807) is 36.0 Å². The zero-order valence-corrected chi connectivity index (χ0v) is 10.6. The summed E-state index contributed by atoms with van der Waals surface area (Å²) in [5, 5.41) is 2.92. The molecule has 1 amide bonds. The van der Waals surface area contributed by atoms with Gasteiger partial charge in [-0.2, -0.15) is 0 Å². The van der Waals surface area contributed by atoms with Crippen molar-refractivity contribution in [3.05, 3.63) is 46.7 Å². The van der Waals surface area contributed by atoms with Crippen molar-refractivity contribution in [2.75, 3.05) is 0 Å². The Labute approximate surface area is 109 Å². The summed E-state index contributed by atoms with van der Waals surface area (Å²) in [6.45, 7) is 0.607. The quantitative estimate of drug-likeness (QED) is 0.846. The van der Waals surface area contributed by atoms with Crippen LogP contribution in [0.5, 0.6) is 0 Å². The number of aromatic nitrogens is 2. The highest BCUT2D eigenvalue weighted by molar-refractivity contribution is 7.09. The highest BCUT2D eigenvalue weighted by atomic mass is 32.1. The van der Waals surface area contributed by atoms with Crippen LogP contribution in [0, 0.1) is 0 Å². The Kier molecular flexibility index (Phi) is 3.06. The monoisotopic (exact) mass is 259 g/mol. The predicted octanol–water partition coefficient (Wildman–Crippen LogP) is 2.34. The van der Waals surface area contributed by atoms with E-state index >= 15 is 0 Å². The van der Waals surface area contributed by atoms with E-state index in [-0.39, 0.29) is 5.91 Å². The summed E-state index contributed by atoms with van der Waals surface area (Å²) in [4.78, 5) is 22.6. The Morgan fingerprint density at radius 2 is 2.33 bits per heavy atom. The first-order valence-electron chi connectivity index (χ1n) is 5.94. The van der Waals surface area contributed by atoms with Gasteiger partial charge >= 0.3 is 0 Å². The van der Waals surface area contributed by atoms with Gasteiger partial charge in [-0.25, -0.2) is 4.98 Å². The molecule has 0 saturated heterocycles.